The van der Waals surface area contributed by atoms with Crippen molar-refractivity contribution < 1.29 is 14.7 Å². The SMILES string of the molecule is CCCCCC(=O)OC(C)C1CC(C)(C)N(O)C(C)(C)C1. The zero-order chi connectivity index (χ0) is 16.3. The number of ether oxygens (including phenoxy) is 1. The molecular formula is C17H33NO3. The smallest absolute Gasteiger partial charge is 0.306 e. The van der Waals surface area contributed by atoms with Crippen LogP contribution in [-0.2, 0) is 9.53 Å². The first-order valence-corrected chi connectivity index (χ1v) is 8.29. The molecule has 0 bridgehead atoms. The van der Waals surface area contributed by atoms with Crippen molar-refractivity contribution in [3.8, 4) is 0 Å². The van der Waals surface area contributed by atoms with Gasteiger partial charge in [0, 0.05) is 17.5 Å². The van der Waals surface area contributed by atoms with Crippen molar-refractivity contribution in [2.24, 2.45) is 5.92 Å². The maximum absolute atomic E-state index is 11.9. The van der Waals surface area contributed by atoms with Gasteiger partial charge in [0.15, 0.2) is 0 Å². The molecule has 21 heavy (non-hydrogen) atoms. The van der Waals surface area contributed by atoms with Crippen molar-refractivity contribution in [1.29, 1.82) is 0 Å². The zero-order valence-corrected chi connectivity index (χ0v) is 14.6. The Morgan fingerprint density at radius 3 is 2.24 bits per heavy atom. The molecule has 1 rings (SSSR count). The van der Waals surface area contributed by atoms with Gasteiger partial charge < -0.3 is 9.94 Å². The molecule has 0 amide bonds. The Morgan fingerprint density at radius 2 is 1.76 bits per heavy atom. The molecule has 124 valence electrons. The highest BCUT2D eigenvalue weighted by Gasteiger charge is 2.46. The topological polar surface area (TPSA) is 49.8 Å². The van der Waals surface area contributed by atoms with Gasteiger partial charge in [-0.25, -0.2) is 0 Å². The van der Waals surface area contributed by atoms with Crippen LogP contribution in [0.25, 0.3) is 0 Å². The van der Waals surface area contributed by atoms with Gasteiger partial charge in [-0.1, -0.05) is 19.8 Å². The fourth-order valence-corrected chi connectivity index (χ4v) is 3.56. The molecule has 1 aliphatic heterocycles. The lowest BCUT2D eigenvalue weighted by molar-refractivity contribution is -0.256. The minimum absolute atomic E-state index is 0.0852. The van der Waals surface area contributed by atoms with Gasteiger partial charge >= 0.3 is 5.97 Å². The van der Waals surface area contributed by atoms with Crippen molar-refractivity contribution in [3.05, 3.63) is 0 Å². The van der Waals surface area contributed by atoms with Crippen LogP contribution in [0.15, 0.2) is 0 Å². The van der Waals surface area contributed by atoms with Gasteiger partial charge in [-0.15, -0.1) is 0 Å². The number of hydrogen-bond donors (Lipinski definition) is 1. The van der Waals surface area contributed by atoms with Crippen LogP contribution in [-0.4, -0.2) is 33.4 Å². The number of hydroxylamine groups is 2. The van der Waals surface area contributed by atoms with Crippen LogP contribution in [0.4, 0.5) is 0 Å². The summed E-state index contributed by atoms with van der Waals surface area (Å²) in [5, 5.41) is 11.8. The molecule has 1 fully saturated rings. The number of nitrogens with zero attached hydrogens (tertiary/aromatic N) is 1. The molecule has 0 aromatic rings. The molecule has 1 atom stereocenters. The largest absolute Gasteiger partial charge is 0.462 e. The van der Waals surface area contributed by atoms with Crippen molar-refractivity contribution >= 4 is 5.97 Å². The summed E-state index contributed by atoms with van der Waals surface area (Å²) in [6, 6.07) is 0. The molecule has 1 heterocycles. The molecule has 0 spiro atoms. The number of esters is 1. The number of hydrogen-bond acceptors (Lipinski definition) is 4. The number of rotatable bonds is 6. The van der Waals surface area contributed by atoms with Gasteiger partial charge in [0.25, 0.3) is 0 Å². The summed E-state index contributed by atoms with van der Waals surface area (Å²) in [6.45, 7) is 12.3. The van der Waals surface area contributed by atoms with Crippen LogP contribution in [0.1, 0.15) is 80.1 Å². The number of carbonyl (C=O) groups excluding carboxylic acids is 1. The highest BCUT2D eigenvalue weighted by atomic mass is 16.5. The molecule has 4 heteroatoms. The Hall–Kier alpha value is -0.610. The third-order valence-electron chi connectivity index (χ3n) is 4.64. The van der Waals surface area contributed by atoms with E-state index in [4.69, 9.17) is 4.74 Å². The van der Waals surface area contributed by atoms with Gasteiger partial charge in [0.2, 0.25) is 0 Å². The van der Waals surface area contributed by atoms with Crippen LogP contribution in [0, 0.1) is 5.92 Å². The summed E-state index contributed by atoms with van der Waals surface area (Å²) < 4.78 is 5.62. The minimum Gasteiger partial charge on any atom is -0.462 e. The normalized spacial score (nSPS) is 23.8. The zero-order valence-electron chi connectivity index (χ0n) is 14.6. The molecule has 1 saturated heterocycles. The maximum Gasteiger partial charge on any atom is 0.306 e. The van der Waals surface area contributed by atoms with E-state index < -0.39 is 0 Å². The van der Waals surface area contributed by atoms with Gasteiger partial charge in [-0.3, -0.25) is 4.79 Å². The molecular weight excluding hydrogens is 266 g/mol. The summed E-state index contributed by atoms with van der Waals surface area (Å²) >= 11 is 0. The Bertz CT molecular complexity index is 334. The first-order valence-electron chi connectivity index (χ1n) is 8.29. The predicted octanol–water partition coefficient (Wildman–Crippen LogP) is 4.16. The van der Waals surface area contributed by atoms with Crippen molar-refractivity contribution in [2.75, 3.05) is 0 Å². The van der Waals surface area contributed by atoms with Crippen LogP contribution in [0.3, 0.4) is 0 Å². The average Bonchev–Trinajstić information content (AvgIpc) is 2.35. The van der Waals surface area contributed by atoms with E-state index in [9.17, 15) is 10.0 Å². The van der Waals surface area contributed by atoms with E-state index in [1.54, 1.807) is 0 Å². The average molecular weight is 299 g/mol. The molecule has 0 saturated carbocycles. The second kappa shape index (κ2) is 7.10. The maximum atomic E-state index is 11.9. The first-order chi connectivity index (χ1) is 9.60. The molecule has 1 aliphatic rings. The molecule has 0 aromatic heterocycles. The molecule has 0 radical (unpaired) electrons. The highest BCUT2D eigenvalue weighted by Crippen LogP contribution is 2.41. The lowest BCUT2D eigenvalue weighted by Gasteiger charge is -2.52. The van der Waals surface area contributed by atoms with E-state index in [0.29, 0.717) is 6.42 Å². The van der Waals surface area contributed by atoms with Crippen molar-refractivity contribution in [2.45, 2.75) is 97.2 Å². The minimum atomic E-state index is -0.296. The van der Waals surface area contributed by atoms with Crippen LogP contribution >= 0.6 is 0 Å². The lowest BCUT2D eigenvalue weighted by atomic mass is 9.73. The Labute approximate surface area is 129 Å². The fourth-order valence-electron chi connectivity index (χ4n) is 3.56. The van der Waals surface area contributed by atoms with E-state index in [1.165, 1.54) is 5.06 Å². The van der Waals surface area contributed by atoms with E-state index in [-0.39, 0.29) is 29.1 Å². The summed E-state index contributed by atoms with van der Waals surface area (Å²) in [6.07, 6.45) is 5.18. The second-order valence-corrected chi connectivity index (χ2v) is 7.76. The fraction of sp³-hybridized carbons (Fsp3) is 0.941. The third kappa shape index (κ3) is 4.96. The van der Waals surface area contributed by atoms with Gasteiger partial charge in [0.1, 0.15) is 6.10 Å². The van der Waals surface area contributed by atoms with Gasteiger partial charge in [0.05, 0.1) is 0 Å². The quantitative estimate of drug-likeness (QED) is 0.591. The monoisotopic (exact) mass is 299 g/mol. The van der Waals surface area contributed by atoms with Crippen LogP contribution < -0.4 is 0 Å². The summed E-state index contributed by atoms with van der Waals surface area (Å²) in [4.78, 5) is 11.9. The first kappa shape index (κ1) is 18.4. The summed E-state index contributed by atoms with van der Waals surface area (Å²) in [7, 11) is 0. The molecule has 0 aliphatic carbocycles. The van der Waals surface area contributed by atoms with Crippen molar-refractivity contribution in [1.82, 2.24) is 5.06 Å². The number of unbranched alkanes of at least 4 members (excludes halogenated alkanes) is 2. The Kier molecular flexibility index (Phi) is 6.23. The lowest BCUT2D eigenvalue weighted by Crippen LogP contribution is -2.60. The molecule has 1 unspecified atom stereocenters. The highest BCUT2D eigenvalue weighted by molar-refractivity contribution is 5.69. The van der Waals surface area contributed by atoms with Gasteiger partial charge in [-0.05, 0) is 59.8 Å². The predicted molar refractivity (Wildman–Crippen MR) is 84.2 cm³/mol. The van der Waals surface area contributed by atoms with E-state index in [2.05, 4.69) is 6.92 Å². The summed E-state index contributed by atoms with van der Waals surface area (Å²) in [5.41, 5.74) is -0.593. The van der Waals surface area contributed by atoms with Crippen LogP contribution in [0.5, 0.6) is 0 Å². The Balaban J connectivity index is 2.58. The molecule has 4 nitrogen and oxygen atoms in total. The van der Waals surface area contributed by atoms with Crippen molar-refractivity contribution in [3.63, 3.8) is 0 Å². The Morgan fingerprint density at radius 1 is 1.24 bits per heavy atom. The number of carbonyl (C=O) groups is 1. The van der Waals surface area contributed by atoms with Gasteiger partial charge in [-0.2, -0.15) is 5.06 Å². The number of piperidine rings is 1. The molecule has 1 N–H and O–H groups in total. The van der Waals surface area contributed by atoms with E-state index >= 15 is 0 Å². The summed E-state index contributed by atoms with van der Waals surface area (Å²) in [5.74, 6) is 0.200. The molecule has 0 aromatic carbocycles. The van der Waals surface area contributed by atoms with E-state index in [1.807, 2.05) is 34.6 Å². The standard InChI is InChI=1S/C17H33NO3/c1-7-8-9-10-15(19)21-13(2)14-11-16(3,4)18(20)17(5,6)12-14/h13-14,20H,7-12H2,1-6H3. The third-order valence-corrected chi connectivity index (χ3v) is 4.64. The second-order valence-electron chi connectivity index (χ2n) is 7.76. The van der Waals surface area contributed by atoms with E-state index in [0.717, 1.165) is 32.1 Å². The van der Waals surface area contributed by atoms with Crippen LogP contribution in [0.2, 0.25) is 0 Å².